The predicted octanol–water partition coefficient (Wildman–Crippen LogP) is 8.25. The van der Waals surface area contributed by atoms with Gasteiger partial charge in [-0.1, -0.05) is 73.8 Å². The van der Waals surface area contributed by atoms with Gasteiger partial charge in [-0.3, -0.25) is 0 Å². The number of aliphatic hydroxyl groups excluding tert-OH is 2. The topological polar surface area (TPSA) is 80.9 Å². The summed E-state index contributed by atoms with van der Waals surface area (Å²) in [6, 6.07) is 19.3. The molecular weight excluding hydrogens is 674 g/mol. The number of aromatic hydroxyl groups is 2. The molecule has 6 heteroatoms. The fraction of sp³-hybridized carbons (Fsp3) is 0.222. The van der Waals surface area contributed by atoms with Crippen LogP contribution in [0.25, 0.3) is 23.3 Å². The first-order valence-electron chi connectivity index (χ1n) is 13.2. The zero-order chi connectivity index (χ0) is 30.0. The maximum absolute atomic E-state index is 10.0. The van der Waals surface area contributed by atoms with Gasteiger partial charge in [-0.2, -0.15) is 0 Å². The molecule has 0 aliphatic carbocycles. The quantitative estimate of drug-likeness (QED) is 0.168. The number of hydrogen-bond acceptors (Lipinski definition) is 4. The van der Waals surface area contributed by atoms with E-state index >= 15 is 0 Å². The van der Waals surface area contributed by atoms with Gasteiger partial charge < -0.3 is 20.4 Å². The number of rotatable bonds is 5. The van der Waals surface area contributed by atoms with Crippen molar-refractivity contribution < 1.29 is 85.8 Å². The summed E-state index contributed by atoms with van der Waals surface area (Å²) in [5.74, 6) is 0.743. The third kappa shape index (κ3) is 10.7. The van der Waals surface area contributed by atoms with Gasteiger partial charge in [0.2, 0.25) is 0 Å². The van der Waals surface area contributed by atoms with E-state index in [-0.39, 0.29) is 78.6 Å². The summed E-state index contributed by atoms with van der Waals surface area (Å²) in [5.41, 5.74) is 12.1. The Labute approximate surface area is 302 Å². The van der Waals surface area contributed by atoms with Gasteiger partial charge >= 0.3 is 0 Å². The molecule has 42 heavy (non-hydrogen) atoms. The molecule has 0 bridgehead atoms. The molecule has 4 nitrogen and oxygen atoms in total. The molecule has 0 spiro atoms. The molecule has 0 aliphatic heterocycles. The van der Waals surface area contributed by atoms with E-state index in [4.69, 9.17) is 10.2 Å². The molecule has 4 N–H and O–H groups in total. The molecule has 216 valence electrons. The molecule has 4 rings (SSSR count). The first-order chi connectivity index (χ1) is 19.0. The van der Waals surface area contributed by atoms with E-state index in [9.17, 15) is 10.2 Å². The van der Waals surface area contributed by atoms with E-state index in [2.05, 4.69) is 13.2 Å². The van der Waals surface area contributed by atoms with Crippen molar-refractivity contribution in [3.8, 4) is 22.6 Å². The SMILES string of the molecule is C=Cc1ccc(CO)cc1.C=Cc1ccc(CO)cc1.Cc1cc(-c2cc(C)c(O)c(C)c2C)c(C)c(C)c1O.[Y].[Y]. The van der Waals surface area contributed by atoms with Gasteiger partial charge in [-0.05, 0) is 120 Å². The van der Waals surface area contributed by atoms with E-state index in [0.29, 0.717) is 11.5 Å². The molecule has 4 aromatic rings. The molecule has 0 unspecified atom stereocenters. The van der Waals surface area contributed by atoms with E-state index in [0.717, 1.165) is 66.8 Å². The molecule has 0 amide bonds. The molecule has 0 atom stereocenters. The Balaban J connectivity index is 0.000000648. The van der Waals surface area contributed by atoms with Crippen molar-refractivity contribution in [3.05, 3.63) is 129 Å². The standard InChI is InChI=1S/C18H22O2.2C9H10O.2Y/c1-9-7-15(11(3)13(5)17(9)19)16-8-10(2)18(20)14(6)12(16)4;2*1-2-8-3-5-9(7-10)6-4-8;;/h7-8,19-20H,1-6H3;2*2-6,10H,1,7H2;;. The van der Waals surface area contributed by atoms with Crippen LogP contribution in [0.4, 0.5) is 0 Å². The van der Waals surface area contributed by atoms with Gasteiger partial charge in [0.05, 0.1) is 13.2 Å². The first kappa shape index (κ1) is 40.1. The van der Waals surface area contributed by atoms with E-state index in [1.165, 1.54) is 0 Å². The Kier molecular flexibility index (Phi) is 18.5. The largest absolute Gasteiger partial charge is 0.507 e. The van der Waals surface area contributed by atoms with Crippen LogP contribution >= 0.6 is 0 Å². The van der Waals surface area contributed by atoms with Gasteiger partial charge in [0.15, 0.2) is 0 Å². The minimum Gasteiger partial charge on any atom is -0.507 e. The average molecular weight is 717 g/mol. The molecule has 0 saturated carbocycles. The van der Waals surface area contributed by atoms with Crippen LogP contribution in [-0.2, 0) is 78.6 Å². The summed E-state index contributed by atoms with van der Waals surface area (Å²) in [7, 11) is 0. The van der Waals surface area contributed by atoms with E-state index < -0.39 is 0 Å². The van der Waals surface area contributed by atoms with E-state index in [1.54, 1.807) is 12.2 Å². The van der Waals surface area contributed by atoms with Gasteiger partial charge in [-0.15, -0.1) is 0 Å². The minimum atomic E-state index is 0. The normalized spacial score (nSPS) is 9.62. The van der Waals surface area contributed by atoms with Crippen molar-refractivity contribution in [2.75, 3.05) is 0 Å². The number of aryl methyl sites for hydroxylation is 2. The second-order valence-electron chi connectivity index (χ2n) is 9.89. The predicted molar refractivity (Wildman–Crippen MR) is 169 cm³/mol. The van der Waals surface area contributed by atoms with Gasteiger partial charge in [0.25, 0.3) is 0 Å². The molecule has 0 heterocycles. The Morgan fingerprint density at radius 2 is 0.810 bits per heavy atom. The number of benzene rings is 4. The third-order valence-electron chi connectivity index (χ3n) is 7.20. The maximum Gasteiger partial charge on any atom is 0.121 e. The summed E-state index contributed by atoms with van der Waals surface area (Å²) < 4.78 is 0. The van der Waals surface area contributed by atoms with Crippen LogP contribution in [0, 0.1) is 41.5 Å². The van der Waals surface area contributed by atoms with Gasteiger partial charge in [0, 0.05) is 65.4 Å². The van der Waals surface area contributed by atoms with Gasteiger partial charge in [-0.25, -0.2) is 0 Å². The smallest absolute Gasteiger partial charge is 0.121 e. The molecular formula is C36H42O4Y2. The molecule has 4 aromatic carbocycles. The molecule has 0 aliphatic rings. The summed E-state index contributed by atoms with van der Waals surface area (Å²) in [6.07, 6.45) is 3.56. The fourth-order valence-electron chi connectivity index (χ4n) is 4.21. The summed E-state index contributed by atoms with van der Waals surface area (Å²) >= 11 is 0. The second-order valence-corrected chi connectivity index (χ2v) is 9.89. The maximum atomic E-state index is 10.0. The van der Waals surface area contributed by atoms with Crippen LogP contribution in [-0.4, -0.2) is 20.4 Å². The van der Waals surface area contributed by atoms with Crippen molar-refractivity contribution in [2.24, 2.45) is 0 Å². The van der Waals surface area contributed by atoms with Crippen molar-refractivity contribution >= 4 is 12.2 Å². The summed E-state index contributed by atoms with van der Waals surface area (Å²) in [4.78, 5) is 0. The molecule has 2 radical (unpaired) electrons. The van der Waals surface area contributed by atoms with Crippen molar-refractivity contribution in [2.45, 2.75) is 54.8 Å². The second kappa shape index (κ2) is 19.4. The summed E-state index contributed by atoms with van der Waals surface area (Å²) in [5, 5.41) is 37.4. The zero-order valence-corrected chi connectivity index (χ0v) is 31.4. The molecule has 0 saturated heterocycles. The Morgan fingerprint density at radius 3 is 1.05 bits per heavy atom. The Bertz CT molecular complexity index is 1350. The van der Waals surface area contributed by atoms with Crippen LogP contribution < -0.4 is 0 Å². The van der Waals surface area contributed by atoms with Crippen molar-refractivity contribution in [1.29, 1.82) is 0 Å². The number of phenolic OH excluding ortho intramolecular Hbond substituents is 2. The van der Waals surface area contributed by atoms with E-state index in [1.807, 2.05) is 102 Å². The van der Waals surface area contributed by atoms with Crippen molar-refractivity contribution in [1.82, 2.24) is 0 Å². The molecule has 0 aromatic heterocycles. The number of hydrogen-bond donors (Lipinski definition) is 4. The Morgan fingerprint density at radius 1 is 0.524 bits per heavy atom. The summed E-state index contributed by atoms with van der Waals surface area (Å²) in [6.45, 7) is 19.2. The van der Waals surface area contributed by atoms with Crippen molar-refractivity contribution in [3.63, 3.8) is 0 Å². The van der Waals surface area contributed by atoms with Crippen LogP contribution in [0.3, 0.4) is 0 Å². The zero-order valence-electron chi connectivity index (χ0n) is 25.7. The minimum absolute atomic E-state index is 0. The average Bonchev–Trinajstić information content (AvgIpc) is 2.99. The van der Waals surface area contributed by atoms with Crippen LogP contribution in [0.1, 0.15) is 55.6 Å². The van der Waals surface area contributed by atoms with Gasteiger partial charge in [0.1, 0.15) is 11.5 Å². The Hall–Kier alpha value is -1.91. The van der Waals surface area contributed by atoms with Crippen LogP contribution in [0.15, 0.2) is 73.8 Å². The number of aliphatic hydroxyl groups is 2. The first-order valence-corrected chi connectivity index (χ1v) is 13.2. The molecule has 0 fully saturated rings. The monoisotopic (exact) mass is 716 g/mol. The third-order valence-corrected chi connectivity index (χ3v) is 7.20. The van der Waals surface area contributed by atoms with Crippen LogP contribution in [0.5, 0.6) is 11.5 Å². The number of phenols is 2. The van der Waals surface area contributed by atoms with Crippen LogP contribution in [0.2, 0.25) is 0 Å². The fourth-order valence-corrected chi connectivity index (χ4v) is 4.21.